The maximum Gasteiger partial charge on any atom is 0.419 e. The van der Waals surface area contributed by atoms with Crippen molar-refractivity contribution in [2.75, 3.05) is 18.0 Å². The summed E-state index contributed by atoms with van der Waals surface area (Å²) in [5, 5.41) is 10.2. The van der Waals surface area contributed by atoms with Crippen molar-refractivity contribution < 1.29 is 22.7 Å². The molecule has 0 bridgehead atoms. The molecule has 4 rings (SSSR count). The number of nitrogens with one attached hydrogen (secondary N) is 1. The predicted molar refractivity (Wildman–Crippen MR) is 110 cm³/mol. The number of allylic oxidation sites excluding steroid dienone is 1. The molecule has 2 N–H and O–H groups in total. The Kier molecular flexibility index (Phi) is 5.30. The minimum absolute atomic E-state index is 0.175. The summed E-state index contributed by atoms with van der Waals surface area (Å²) in [6.45, 7) is 6.39. The Balaban J connectivity index is 1.73. The summed E-state index contributed by atoms with van der Waals surface area (Å²) in [7, 11) is 0. The van der Waals surface area contributed by atoms with E-state index >= 15 is 4.39 Å². The van der Waals surface area contributed by atoms with Crippen molar-refractivity contribution in [1.29, 1.82) is 0 Å². The molecule has 0 spiro atoms. The van der Waals surface area contributed by atoms with Crippen molar-refractivity contribution in [3.63, 3.8) is 0 Å². The molecule has 3 aromatic rings. The lowest BCUT2D eigenvalue weighted by molar-refractivity contribution is -0.138. The maximum atomic E-state index is 15.0. The van der Waals surface area contributed by atoms with Crippen molar-refractivity contribution >= 4 is 22.4 Å². The zero-order valence-corrected chi connectivity index (χ0v) is 16.7. The van der Waals surface area contributed by atoms with E-state index in [1.165, 1.54) is 6.07 Å². The summed E-state index contributed by atoms with van der Waals surface area (Å²) in [6.07, 6.45) is -0.750. The molecule has 162 valence electrons. The van der Waals surface area contributed by atoms with Gasteiger partial charge in [-0.25, -0.2) is 14.4 Å². The van der Waals surface area contributed by atoms with Crippen LogP contribution in [0, 0.1) is 5.82 Å². The van der Waals surface area contributed by atoms with Crippen LogP contribution in [0.5, 0.6) is 0 Å². The van der Waals surface area contributed by atoms with Crippen molar-refractivity contribution in [3.8, 4) is 0 Å². The zero-order valence-electron chi connectivity index (χ0n) is 16.7. The summed E-state index contributed by atoms with van der Waals surface area (Å²) < 4.78 is 53.4. The van der Waals surface area contributed by atoms with Crippen LogP contribution in [-0.4, -0.2) is 33.1 Å². The van der Waals surface area contributed by atoms with Gasteiger partial charge in [-0.3, -0.25) is 0 Å². The molecule has 0 aliphatic carbocycles. The number of aliphatic hydroxyl groups is 1. The minimum atomic E-state index is -4.50. The van der Waals surface area contributed by atoms with Crippen molar-refractivity contribution in [1.82, 2.24) is 15.0 Å². The van der Waals surface area contributed by atoms with Gasteiger partial charge in [0.1, 0.15) is 5.82 Å². The fourth-order valence-corrected chi connectivity index (χ4v) is 3.91. The van der Waals surface area contributed by atoms with Gasteiger partial charge in [-0.05, 0) is 42.2 Å². The number of anilines is 1. The molecule has 0 saturated carbocycles. The molecule has 5 nitrogen and oxygen atoms in total. The van der Waals surface area contributed by atoms with Crippen LogP contribution < -0.4 is 4.90 Å². The topological polar surface area (TPSA) is 65.0 Å². The summed E-state index contributed by atoms with van der Waals surface area (Å²) in [4.78, 5) is 12.5. The third-order valence-electron chi connectivity index (χ3n) is 5.58. The fraction of sp³-hybridized carbons (Fsp3) is 0.273. The molecule has 31 heavy (non-hydrogen) atoms. The highest BCUT2D eigenvalue weighted by molar-refractivity contribution is 5.95. The quantitative estimate of drug-likeness (QED) is 0.581. The molecule has 0 amide bonds. The first kappa shape index (κ1) is 21.0. The number of H-pyrrole nitrogens is 1. The van der Waals surface area contributed by atoms with Crippen molar-refractivity contribution in [3.05, 3.63) is 71.0 Å². The Bertz CT molecular complexity index is 1180. The average Bonchev–Trinajstić information content (AvgIpc) is 3.22. The Hall–Kier alpha value is -3.20. The highest BCUT2D eigenvalue weighted by Gasteiger charge is 2.32. The van der Waals surface area contributed by atoms with Crippen LogP contribution >= 0.6 is 0 Å². The number of nitrogens with zero attached hydrogens (tertiary/aromatic N) is 3. The number of aliphatic hydroxyl groups excluding tert-OH is 1. The number of alkyl halides is 3. The van der Waals surface area contributed by atoms with Crippen LogP contribution in [0.25, 0.3) is 16.5 Å². The van der Waals surface area contributed by atoms with Gasteiger partial charge >= 0.3 is 6.18 Å². The molecule has 1 aromatic carbocycles. The van der Waals surface area contributed by atoms with E-state index in [1.807, 2.05) is 0 Å². The molecule has 1 aliphatic heterocycles. The molecular weight excluding hydrogens is 412 g/mol. The monoisotopic (exact) mass is 432 g/mol. The summed E-state index contributed by atoms with van der Waals surface area (Å²) in [5.41, 5.74) is 2.89. The lowest BCUT2D eigenvalue weighted by Crippen LogP contribution is -2.34. The van der Waals surface area contributed by atoms with E-state index in [1.54, 1.807) is 24.1 Å². The molecule has 1 saturated heterocycles. The number of fused-ring (bicyclic) bond motifs is 1. The molecular formula is C22H20F4N4O. The van der Waals surface area contributed by atoms with Crippen molar-refractivity contribution in [2.45, 2.75) is 26.1 Å². The second-order valence-corrected chi connectivity index (χ2v) is 7.47. The largest absolute Gasteiger partial charge is 0.419 e. The standard InChI is InChI=1S/C22H20F4N4O/c1-12-4-6-30(21-28-8-15(9-29-21)22(24,25)26)10-17(12)13(2)19-16-3-5-27-20(16)14(11-31)7-18(19)23/h3,5,7-9,27,31H,1,4,6,10-11H2,2H3/b17-13+. The van der Waals surface area contributed by atoms with Gasteiger partial charge in [0.2, 0.25) is 5.95 Å². The van der Waals surface area contributed by atoms with Crippen LogP contribution in [0.3, 0.4) is 0 Å². The molecule has 1 fully saturated rings. The van der Waals surface area contributed by atoms with Crippen LogP contribution in [0.2, 0.25) is 0 Å². The van der Waals surface area contributed by atoms with E-state index in [0.29, 0.717) is 47.1 Å². The SMILES string of the molecule is C=C1CCN(c2ncc(C(F)(F)F)cn2)C/C1=C(/C)c1c(F)cc(CO)c2[nH]ccc12. The molecule has 0 unspecified atom stereocenters. The van der Waals surface area contributed by atoms with Crippen LogP contribution in [0.1, 0.15) is 30.0 Å². The van der Waals surface area contributed by atoms with Gasteiger partial charge in [0, 0.05) is 48.2 Å². The number of halogens is 4. The number of hydrogen-bond acceptors (Lipinski definition) is 4. The Morgan fingerprint density at radius 1 is 1.29 bits per heavy atom. The normalized spacial score (nSPS) is 16.8. The Morgan fingerprint density at radius 2 is 2.00 bits per heavy atom. The van der Waals surface area contributed by atoms with Gasteiger partial charge in [-0.2, -0.15) is 13.2 Å². The van der Waals surface area contributed by atoms with Crippen molar-refractivity contribution in [2.24, 2.45) is 0 Å². The van der Waals surface area contributed by atoms with E-state index in [0.717, 1.165) is 23.5 Å². The van der Waals surface area contributed by atoms with E-state index in [-0.39, 0.29) is 12.6 Å². The average molecular weight is 432 g/mol. The number of piperidine rings is 1. The van der Waals surface area contributed by atoms with Crippen LogP contribution in [0.15, 0.2) is 48.4 Å². The maximum absolute atomic E-state index is 15.0. The number of rotatable bonds is 3. The third kappa shape index (κ3) is 3.81. The molecule has 0 radical (unpaired) electrons. The predicted octanol–water partition coefficient (Wildman–Crippen LogP) is 4.85. The van der Waals surface area contributed by atoms with E-state index in [2.05, 4.69) is 21.5 Å². The first-order chi connectivity index (χ1) is 14.7. The highest BCUT2D eigenvalue weighted by Crippen LogP contribution is 2.36. The van der Waals surface area contributed by atoms with Crippen LogP contribution in [-0.2, 0) is 12.8 Å². The Morgan fingerprint density at radius 3 is 2.65 bits per heavy atom. The molecule has 3 heterocycles. The molecule has 2 aromatic heterocycles. The van der Waals surface area contributed by atoms with E-state index < -0.39 is 17.6 Å². The molecule has 1 aliphatic rings. The van der Waals surface area contributed by atoms with Gasteiger partial charge in [-0.1, -0.05) is 6.58 Å². The number of benzene rings is 1. The first-order valence-corrected chi connectivity index (χ1v) is 9.62. The fourth-order valence-electron chi connectivity index (χ4n) is 3.91. The number of aromatic amines is 1. The Labute approximate surface area is 175 Å². The first-order valence-electron chi connectivity index (χ1n) is 9.62. The smallest absolute Gasteiger partial charge is 0.392 e. The summed E-state index contributed by atoms with van der Waals surface area (Å²) >= 11 is 0. The lowest BCUT2D eigenvalue weighted by Gasteiger charge is -2.31. The van der Waals surface area contributed by atoms with E-state index in [9.17, 15) is 18.3 Å². The lowest BCUT2D eigenvalue weighted by atomic mass is 9.89. The second kappa shape index (κ2) is 7.81. The van der Waals surface area contributed by atoms with Gasteiger partial charge in [-0.15, -0.1) is 0 Å². The van der Waals surface area contributed by atoms with Gasteiger partial charge < -0.3 is 15.0 Å². The summed E-state index contributed by atoms with van der Waals surface area (Å²) in [5.74, 6) is -0.287. The summed E-state index contributed by atoms with van der Waals surface area (Å²) in [6, 6.07) is 3.06. The second-order valence-electron chi connectivity index (χ2n) is 7.47. The minimum Gasteiger partial charge on any atom is -0.392 e. The molecule has 0 atom stereocenters. The van der Waals surface area contributed by atoms with Gasteiger partial charge in [0.15, 0.2) is 0 Å². The van der Waals surface area contributed by atoms with Gasteiger partial charge in [0.05, 0.1) is 17.7 Å². The zero-order chi connectivity index (χ0) is 22.3. The highest BCUT2D eigenvalue weighted by atomic mass is 19.4. The molecule has 9 heteroatoms. The van der Waals surface area contributed by atoms with Gasteiger partial charge in [0.25, 0.3) is 0 Å². The number of aromatic nitrogens is 3. The number of hydrogen-bond donors (Lipinski definition) is 2. The van der Waals surface area contributed by atoms with Crippen LogP contribution in [0.4, 0.5) is 23.5 Å². The third-order valence-corrected chi connectivity index (χ3v) is 5.58. The van der Waals surface area contributed by atoms with E-state index in [4.69, 9.17) is 0 Å².